The van der Waals surface area contributed by atoms with Crippen LogP contribution < -0.4 is 10.1 Å². The van der Waals surface area contributed by atoms with E-state index in [0.717, 1.165) is 4.47 Å². The first-order valence-electron chi connectivity index (χ1n) is 7.25. The first-order valence-corrected chi connectivity index (χ1v) is 8.42. The molecule has 0 aliphatic rings. The second-order valence-electron chi connectivity index (χ2n) is 4.92. The molecule has 0 unspecified atom stereocenters. The van der Waals surface area contributed by atoms with E-state index in [1.807, 2.05) is 6.07 Å². The molecule has 2 aromatic rings. The van der Waals surface area contributed by atoms with Gasteiger partial charge in [0.25, 0.3) is 5.91 Å². The van der Waals surface area contributed by atoms with Crippen LogP contribution in [-0.2, 0) is 4.79 Å². The van der Waals surface area contributed by atoms with Crippen molar-refractivity contribution in [3.05, 3.63) is 75.8 Å². The zero-order valence-corrected chi connectivity index (χ0v) is 15.5. The maximum Gasteiger partial charge on any atom is 0.266 e. The van der Waals surface area contributed by atoms with Crippen LogP contribution in [0, 0.1) is 11.3 Å². The standard InChI is InChI=1S/C19H14BrClN2O2/c1-2-8-25-18-7-6-13(10-17(18)20)9-14(12-22)19(24)23-16-5-3-4-15(21)11-16/h2-7,9-11H,1,8H2,(H,23,24)/b14-9+. The molecular weight excluding hydrogens is 404 g/mol. The Morgan fingerprint density at radius 3 is 2.80 bits per heavy atom. The van der Waals surface area contributed by atoms with E-state index in [1.165, 1.54) is 6.08 Å². The van der Waals surface area contributed by atoms with Crippen molar-refractivity contribution < 1.29 is 9.53 Å². The van der Waals surface area contributed by atoms with Crippen molar-refractivity contribution >= 4 is 45.2 Å². The highest BCUT2D eigenvalue weighted by atomic mass is 79.9. The minimum atomic E-state index is -0.507. The van der Waals surface area contributed by atoms with E-state index in [9.17, 15) is 10.1 Å². The van der Waals surface area contributed by atoms with Crippen LogP contribution in [0.15, 0.2) is 65.2 Å². The molecule has 1 N–H and O–H groups in total. The van der Waals surface area contributed by atoms with Crippen molar-refractivity contribution in [2.24, 2.45) is 0 Å². The SMILES string of the molecule is C=CCOc1ccc(/C=C(\C#N)C(=O)Nc2cccc(Cl)c2)cc1Br. The van der Waals surface area contributed by atoms with E-state index < -0.39 is 5.91 Å². The minimum absolute atomic E-state index is 0.0216. The van der Waals surface area contributed by atoms with Gasteiger partial charge in [0.15, 0.2) is 0 Å². The van der Waals surface area contributed by atoms with Gasteiger partial charge in [-0.25, -0.2) is 0 Å². The summed E-state index contributed by atoms with van der Waals surface area (Å²) in [5, 5.41) is 12.4. The molecule has 1 amide bonds. The number of ether oxygens (including phenoxy) is 1. The van der Waals surface area contributed by atoms with E-state index in [-0.39, 0.29) is 5.57 Å². The Hall–Kier alpha value is -2.55. The van der Waals surface area contributed by atoms with Crippen molar-refractivity contribution in [3.8, 4) is 11.8 Å². The normalized spacial score (nSPS) is 10.7. The lowest BCUT2D eigenvalue weighted by atomic mass is 10.1. The molecule has 0 atom stereocenters. The summed E-state index contributed by atoms with van der Waals surface area (Å²) >= 11 is 9.29. The van der Waals surface area contributed by atoms with Crippen LogP contribution in [0.4, 0.5) is 5.69 Å². The van der Waals surface area contributed by atoms with Crippen LogP contribution in [0.25, 0.3) is 6.08 Å². The quantitative estimate of drug-likeness (QED) is 0.398. The summed E-state index contributed by atoms with van der Waals surface area (Å²) in [7, 11) is 0. The molecule has 0 radical (unpaired) electrons. The van der Waals surface area contributed by atoms with Crippen LogP contribution in [-0.4, -0.2) is 12.5 Å². The van der Waals surface area contributed by atoms with Crippen molar-refractivity contribution in [1.82, 2.24) is 0 Å². The summed E-state index contributed by atoms with van der Waals surface area (Å²) in [4.78, 5) is 12.3. The third kappa shape index (κ3) is 5.49. The Labute approximate surface area is 159 Å². The maximum atomic E-state index is 12.3. The van der Waals surface area contributed by atoms with Gasteiger partial charge in [0.2, 0.25) is 0 Å². The molecule has 0 aliphatic heterocycles. The summed E-state index contributed by atoms with van der Waals surface area (Å²) in [5.74, 6) is 0.145. The number of anilines is 1. The van der Waals surface area contributed by atoms with E-state index >= 15 is 0 Å². The largest absolute Gasteiger partial charge is 0.488 e. The van der Waals surface area contributed by atoms with Gasteiger partial charge in [-0.05, 0) is 57.9 Å². The molecule has 0 heterocycles. The van der Waals surface area contributed by atoms with Gasteiger partial charge in [-0.2, -0.15) is 5.26 Å². The molecular formula is C19H14BrClN2O2. The molecule has 0 saturated heterocycles. The fourth-order valence-electron chi connectivity index (χ4n) is 1.95. The zero-order valence-electron chi connectivity index (χ0n) is 13.1. The van der Waals surface area contributed by atoms with Crippen molar-refractivity contribution in [3.63, 3.8) is 0 Å². The number of nitrogens with one attached hydrogen (secondary N) is 1. The van der Waals surface area contributed by atoms with Gasteiger partial charge in [-0.15, -0.1) is 0 Å². The Bertz CT molecular complexity index is 872. The Kier molecular flexibility index (Phi) is 6.81. The number of benzene rings is 2. The van der Waals surface area contributed by atoms with Crippen LogP contribution in [0.2, 0.25) is 5.02 Å². The lowest BCUT2D eigenvalue weighted by molar-refractivity contribution is -0.112. The average molecular weight is 418 g/mol. The number of rotatable bonds is 6. The number of amides is 1. The van der Waals surface area contributed by atoms with Crippen molar-refractivity contribution in [2.45, 2.75) is 0 Å². The number of carbonyl (C=O) groups is 1. The predicted molar refractivity (Wildman–Crippen MR) is 104 cm³/mol. The minimum Gasteiger partial charge on any atom is -0.488 e. The topological polar surface area (TPSA) is 62.1 Å². The molecule has 0 aliphatic carbocycles. The van der Waals surface area contributed by atoms with Crippen LogP contribution in [0.3, 0.4) is 0 Å². The highest BCUT2D eigenvalue weighted by molar-refractivity contribution is 9.10. The number of nitrogens with zero attached hydrogens (tertiary/aromatic N) is 1. The van der Waals surface area contributed by atoms with Gasteiger partial charge in [0.1, 0.15) is 24.0 Å². The van der Waals surface area contributed by atoms with Gasteiger partial charge >= 0.3 is 0 Å². The zero-order chi connectivity index (χ0) is 18.2. The molecule has 25 heavy (non-hydrogen) atoms. The monoisotopic (exact) mass is 416 g/mol. The summed E-state index contributed by atoms with van der Waals surface area (Å²) in [5.41, 5.74) is 1.19. The van der Waals surface area contributed by atoms with E-state index in [0.29, 0.717) is 28.6 Å². The van der Waals surface area contributed by atoms with Crippen LogP contribution in [0.5, 0.6) is 5.75 Å². The summed E-state index contributed by atoms with van der Waals surface area (Å²) in [6, 6.07) is 13.9. The summed E-state index contributed by atoms with van der Waals surface area (Å²) in [6.07, 6.45) is 3.15. The summed E-state index contributed by atoms with van der Waals surface area (Å²) in [6.45, 7) is 3.98. The number of hydrogen-bond acceptors (Lipinski definition) is 3. The summed E-state index contributed by atoms with van der Waals surface area (Å²) < 4.78 is 6.19. The van der Waals surface area contributed by atoms with Gasteiger partial charge in [-0.3, -0.25) is 4.79 Å². The molecule has 0 spiro atoms. The number of carbonyl (C=O) groups excluding carboxylic acids is 1. The van der Waals surface area contributed by atoms with Crippen LogP contribution >= 0.6 is 27.5 Å². The highest BCUT2D eigenvalue weighted by Crippen LogP contribution is 2.27. The van der Waals surface area contributed by atoms with Gasteiger partial charge in [0.05, 0.1) is 4.47 Å². The third-order valence-corrected chi connectivity index (χ3v) is 3.93. The van der Waals surface area contributed by atoms with E-state index in [1.54, 1.807) is 48.5 Å². The number of halogens is 2. The number of nitriles is 1. The Morgan fingerprint density at radius 2 is 2.16 bits per heavy atom. The molecule has 0 aromatic heterocycles. The maximum absolute atomic E-state index is 12.3. The highest BCUT2D eigenvalue weighted by Gasteiger charge is 2.10. The molecule has 0 fully saturated rings. The first-order chi connectivity index (χ1) is 12.0. The average Bonchev–Trinajstić information content (AvgIpc) is 2.58. The second-order valence-corrected chi connectivity index (χ2v) is 6.21. The lowest BCUT2D eigenvalue weighted by Gasteiger charge is -2.07. The smallest absolute Gasteiger partial charge is 0.266 e. The molecule has 2 rings (SSSR count). The molecule has 0 bridgehead atoms. The molecule has 4 nitrogen and oxygen atoms in total. The Morgan fingerprint density at radius 1 is 1.36 bits per heavy atom. The molecule has 6 heteroatoms. The van der Waals surface area contributed by atoms with Crippen LogP contribution in [0.1, 0.15) is 5.56 Å². The van der Waals surface area contributed by atoms with Gasteiger partial charge in [-0.1, -0.05) is 36.4 Å². The second kappa shape index (κ2) is 9.07. The fourth-order valence-corrected chi connectivity index (χ4v) is 2.65. The molecule has 126 valence electrons. The van der Waals surface area contributed by atoms with E-state index in [2.05, 4.69) is 27.8 Å². The lowest BCUT2D eigenvalue weighted by Crippen LogP contribution is -2.13. The third-order valence-electron chi connectivity index (χ3n) is 3.07. The first kappa shape index (κ1) is 18.8. The Balaban J connectivity index is 2.19. The number of hydrogen-bond donors (Lipinski definition) is 1. The van der Waals surface area contributed by atoms with Crippen molar-refractivity contribution in [1.29, 1.82) is 5.26 Å². The predicted octanol–water partition coefficient (Wildman–Crippen LogP) is 5.21. The molecule has 2 aromatic carbocycles. The van der Waals surface area contributed by atoms with Crippen molar-refractivity contribution in [2.75, 3.05) is 11.9 Å². The van der Waals surface area contributed by atoms with Gasteiger partial charge < -0.3 is 10.1 Å². The molecule has 0 saturated carbocycles. The fraction of sp³-hybridized carbons (Fsp3) is 0.0526. The van der Waals surface area contributed by atoms with Gasteiger partial charge in [0, 0.05) is 10.7 Å². The van der Waals surface area contributed by atoms with E-state index in [4.69, 9.17) is 16.3 Å².